The summed E-state index contributed by atoms with van der Waals surface area (Å²) in [5.74, 6) is 1.63. The second-order valence-electron chi connectivity index (χ2n) is 7.83. The Labute approximate surface area is 160 Å². The molecular formula is C21H29N3O3. The molecule has 6 nitrogen and oxygen atoms in total. The van der Waals surface area contributed by atoms with Gasteiger partial charge in [-0.2, -0.15) is 0 Å². The highest BCUT2D eigenvalue weighted by Crippen LogP contribution is 2.32. The number of nitrogens with zero attached hydrogens (tertiary/aromatic N) is 2. The molecule has 1 saturated carbocycles. The molecule has 1 N–H and O–H groups in total. The van der Waals surface area contributed by atoms with Crippen molar-refractivity contribution in [2.75, 3.05) is 45.9 Å². The van der Waals surface area contributed by atoms with Gasteiger partial charge in [-0.15, -0.1) is 0 Å². The minimum absolute atomic E-state index is 0.0657. The van der Waals surface area contributed by atoms with Crippen LogP contribution in [0.1, 0.15) is 36.0 Å². The van der Waals surface area contributed by atoms with Gasteiger partial charge in [0, 0.05) is 44.2 Å². The van der Waals surface area contributed by atoms with E-state index in [1.165, 1.54) is 0 Å². The third kappa shape index (κ3) is 4.68. The highest BCUT2D eigenvalue weighted by atomic mass is 16.5. The fourth-order valence-corrected chi connectivity index (χ4v) is 3.69. The van der Waals surface area contributed by atoms with Gasteiger partial charge in [-0.25, -0.2) is 0 Å². The number of piperazine rings is 1. The summed E-state index contributed by atoms with van der Waals surface area (Å²) in [6.07, 6.45) is 4.01. The highest BCUT2D eigenvalue weighted by Gasteiger charge is 2.31. The van der Waals surface area contributed by atoms with Crippen molar-refractivity contribution in [1.82, 2.24) is 15.1 Å². The van der Waals surface area contributed by atoms with Gasteiger partial charge in [0.05, 0.1) is 12.6 Å². The smallest absolute Gasteiger partial charge is 0.239 e. The summed E-state index contributed by atoms with van der Waals surface area (Å²) >= 11 is 0. The molecule has 0 spiro atoms. The second-order valence-corrected chi connectivity index (χ2v) is 7.83. The molecule has 1 aromatic carbocycles. The molecule has 6 heteroatoms. The van der Waals surface area contributed by atoms with Crippen molar-refractivity contribution in [3.8, 4) is 5.75 Å². The Morgan fingerprint density at radius 3 is 2.33 bits per heavy atom. The highest BCUT2D eigenvalue weighted by molar-refractivity contribution is 5.99. The number of carbonyl (C=O) groups is 2. The van der Waals surface area contributed by atoms with Gasteiger partial charge < -0.3 is 15.0 Å². The van der Waals surface area contributed by atoms with Crippen molar-refractivity contribution in [2.45, 2.75) is 31.7 Å². The number of rotatable bonds is 8. The van der Waals surface area contributed by atoms with E-state index in [1.54, 1.807) is 0 Å². The largest absolute Gasteiger partial charge is 0.494 e. The Morgan fingerprint density at radius 2 is 1.74 bits per heavy atom. The van der Waals surface area contributed by atoms with Gasteiger partial charge in [-0.1, -0.05) is 0 Å². The summed E-state index contributed by atoms with van der Waals surface area (Å²) in [5.41, 5.74) is 0.800. The Morgan fingerprint density at radius 1 is 1.04 bits per heavy atom. The van der Waals surface area contributed by atoms with E-state index in [4.69, 9.17) is 4.74 Å². The van der Waals surface area contributed by atoms with Crippen LogP contribution in [0.25, 0.3) is 0 Å². The molecule has 0 aromatic heterocycles. The van der Waals surface area contributed by atoms with E-state index in [-0.39, 0.29) is 23.7 Å². The Balaban J connectivity index is 1.11. The lowest BCUT2D eigenvalue weighted by atomic mass is 10.1. The normalized spacial score (nSPS) is 23.0. The maximum Gasteiger partial charge on any atom is 0.239 e. The van der Waals surface area contributed by atoms with Crippen molar-refractivity contribution >= 4 is 11.7 Å². The van der Waals surface area contributed by atoms with Crippen LogP contribution in [0.2, 0.25) is 0 Å². The summed E-state index contributed by atoms with van der Waals surface area (Å²) in [5, 5.41) is 3.19. The first-order valence-corrected chi connectivity index (χ1v) is 10.2. The third-order valence-corrected chi connectivity index (χ3v) is 5.78. The quantitative estimate of drug-likeness (QED) is 0.555. The van der Waals surface area contributed by atoms with E-state index in [0.29, 0.717) is 6.61 Å². The van der Waals surface area contributed by atoms with Gasteiger partial charge >= 0.3 is 0 Å². The van der Waals surface area contributed by atoms with E-state index >= 15 is 0 Å². The number of hydrogen-bond acceptors (Lipinski definition) is 5. The Bertz CT molecular complexity index is 660. The standard InChI is InChI=1S/C21H29N3O3/c25-20(16-2-3-16)17-4-6-18(7-5-17)27-15-1-10-23-11-13-24(14-12-23)21(26)19-8-9-22-19/h4-7,16,19,22H,1-3,8-15H2/t19-/m1/s1. The van der Waals surface area contributed by atoms with Crippen molar-refractivity contribution in [1.29, 1.82) is 0 Å². The molecule has 3 aliphatic rings. The Hall–Kier alpha value is -1.92. The molecule has 146 valence electrons. The van der Waals surface area contributed by atoms with Crippen LogP contribution in [-0.2, 0) is 4.79 Å². The molecule has 1 aromatic rings. The number of Topliss-reactive ketones (excluding diaryl/α,β-unsaturated/α-hetero) is 1. The molecule has 0 bridgehead atoms. The minimum atomic E-state index is 0.0657. The van der Waals surface area contributed by atoms with Crippen LogP contribution in [0.15, 0.2) is 24.3 Å². The van der Waals surface area contributed by atoms with E-state index < -0.39 is 0 Å². The topological polar surface area (TPSA) is 61.9 Å². The van der Waals surface area contributed by atoms with Crippen molar-refractivity contribution in [2.24, 2.45) is 5.92 Å². The van der Waals surface area contributed by atoms with Gasteiger partial charge in [-0.05, 0) is 56.5 Å². The van der Waals surface area contributed by atoms with Crippen LogP contribution < -0.4 is 10.1 Å². The molecule has 1 amide bonds. The molecule has 2 heterocycles. The predicted molar refractivity (Wildman–Crippen MR) is 103 cm³/mol. The average Bonchev–Trinajstić information content (AvgIpc) is 3.49. The molecular weight excluding hydrogens is 342 g/mol. The number of nitrogens with one attached hydrogen (secondary N) is 1. The molecule has 27 heavy (non-hydrogen) atoms. The number of ketones is 1. The van der Waals surface area contributed by atoms with E-state index in [9.17, 15) is 9.59 Å². The maximum absolute atomic E-state index is 12.2. The molecule has 4 rings (SSSR count). The van der Waals surface area contributed by atoms with Crippen molar-refractivity contribution in [3.05, 3.63) is 29.8 Å². The molecule has 3 fully saturated rings. The van der Waals surface area contributed by atoms with Crippen molar-refractivity contribution < 1.29 is 14.3 Å². The molecule has 2 aliphatic heterocycles. The molecule has 1 atom stereocenters. The van der Waals surface area contributed by atoms with E-state index in [0.717, 1.165) is 76.3 Å². The van der Waals surface area contributed by atoms with Gasteiger partial charge in [0.2, 0.25) is 5.91 Å². The number of hydrogen-bond donors (Lipinski definition) is 1. The first-order chi connectivity index (χ1) is 13.2. The fourth-order valence-electron chi connectivity index (χ4n) is 3.69. The fraction of sp³-hybridized carbons (Fsp3) is 0.619. The van der Waals surface area contributed by atoms with Crippen LogP contribution in [0.3, 0.4) is 0 Å². The maximum atomic E-state index is 12.2. The molecule has 2 saturated heterocycles. The van der Waals surface area contributed by atoms with Gasteiger partial charge in [0.15, 0.2) is 5.78 Å². The van der Waals surface area contributed by atoms with Crippen LogP contribution in [-0.4, -0.2) is 73.4 Å². The lowest BCUT2D eigenvalue weighted by Gasteiger charge is -2.38. The number of amides is 1. The van der Waals surface area contributed by atoms with Crippen LogP contribution in [0.5, 0.6) is 5.75 Å². The molecule has 0 unspecified atom stereocenters. The van der Waals surface area contributed by atoms with E-state index in [1.807, 2.05) is 29.2 Å². The van der Waals surface area contributed by atoms with Crippen LogP contribution in [0, 0.1) is 5.92 Å². The summed E-state index contributed by atoms with van der Waals surface area (Å²) in [6, 6.07) is 7.62. The van der Waals surface area contributed by atoms with E-state index in [2.05, 4.69) is 10.2 Å². The van der Waals surface area contributed by atoms with Crippen LogP contribution >= 0.6 is 0 Å². The van der Waals surface area contributed by atoms with Gasteiger partial charge in [0.25, 0.3) is 0 Å². The predicted octanol–water partition coefficient (Wildman–Crippen LogP) is 1.55. The van der Waals surface area contributed by atoms with Crippen LogP contribution in [0.4, 0.5) is 0 Å². The number of carbonyl (C=O) groups excluding carboxylic acids is 2. The average molecular weight is 371 g/mol. The summed E-state index contributed by atoms with van der Waals surface area (Å²) in [4.78, 5) is 28.6. The minimum Gasteiger partial charge on any atom is -0.494 e. The molecule has 1 aliphatic carbocycles. The monoisotopic (exact) mass is 371 g/mol. The third-order valence-electron chi connectivity index (χ3n) is 5.78. The Kier molecular flexibility index (Phi) is 5.74. The lowest BCUT2D eigenvalue weighted by molar-refractivity contribution is -0.137. The van der Waals surface area contributed by atoms with Crippen molar-refractivity contribution in [3.63, 3.8) is 0 Å². The zero-order valence-electron chi connectivity index (χ0n) is 15.9. The number of ether oxygens (including phenoxy) is 1. The zero-order valence-corrected chi connectivity index (χ0v) is 15.9. The lowest BCUT2D eigenvalue weighted by Crippen LogP contribution is -2.58. The number of benzene rings is 1. The molecule has 0 radical (unpaired) electrons. The second kappa shape index (κ2) is 8.40. The first kappa shape index (κ1) is 18.4. The summed E-state index contributed by atoms with van der Waals surface area (Å²) < 4.78 is 5.81. The first-order valence-electron chi connectivity index (χ1n) is 10.2. The summed E-state index contributed by atoms with van der Waals surface area (Å²) in [6.45, 7) is 6.16. The van der Waals surface area contributed by atoms with Gasteiger partial charge in [-0.3, -0.25) is 14.5 Å². The van der Waals surface area contributed by atoms with Gasteiger partial charge in [0.1, 0.15) is 5.75 Å². The zero-order chi connectivity index (χ0) is 18.6. The SMILES string of the molecule is O=C(c1ccc(OCCCN2CCN(C(=O)[C@H]3CCN3)CC2)cc1)C1CC1. The summed E-state index contributed by atoms with van der Waals surface area (Å²) in [7, 11) is 0.